The fourth-order valence-electron chi connectivity index (χ4n) is 9.14. The number of nitrogens with zero attached hydrogens (tertiary/aromatic N) is 4. The predicted octanol–water partition coefficient (Wildman–Crippen LogP) is 5.62. The van der Waals surface area contributed by atoms with Gasteiger partial charge >= 0.3 is 0 Å². The molecule has 4 aliphatic carbocycles. The van der Waals surface area contributed by atoms with Crippen molar-refractivity contribution < 1.29 is 9.59 Å². The molecule has 0 radical (unpaired) electrons. The van der Waals surface area contributed by atoms with Gasteiger partial charge in [-0.25, -0.2) is 0 Å². The zero-order valence-corrected chi connectivity index (χ0v) is 22.8. The van der Waals surface area contributed by atoms with Gasteiger partial charge in [0.15, 0.2) is 11.5 Å². The molecule has 0 N–H and O–H groups in total. The van der Waals surface area contributed by atoms with E-state index in [0.29, 0.717) is 17.0 Å². The van der Waals surface area contributed by atoms with E-state index in [9.17, 15) is 9.59 Å². The summed E-state index contributed by atoms with van der Waals surface area (Å²) in [5, 5.41) is 8.65. The normalized spacial score (nSPS) is 40.7. The Bertz CT molecular complexity index is 972. The molecule has 0 bridgehead atoms. The van der Waals surface area contributed by atoms with Crippen molar-refractivity contribution in [2.75, 3.05) is 7.05 Å². The fraction of sp³-hybridized carbons (Fsp3) is 0.862. The Balaban J connectivity index is 1.28. The number of carbonyl (C=O) groups excluding carboxylic acids is 2. The van der Waals surface area contributed by atoms with E-state index in [1.807, 2.05) is 13.8 Å². The fourth-order valence-corrected chi connectivity index (χ4v) is 9.14. The maximum atomic E-state index is 13.6. The number of rotatable bonds is 5. The van der Waals surface area contributed by atoms with Crippen LogP contribution in [0.1, 0.15) is 103 Å². The Morgan fingerprint density at radius 2 is 1.77 bits per heavy atom. The average molecular weight is 483 g/mol. The number of ketones is 1. The van der Waals surface area contributed by atoms with Crippen molar-refractivity contribution in [1.29, 1.82) is 0 Å². The van der Waals surface area contributed by atoms with Crippen LogP contribution < -0.4 is 0 Å². The van der Waals surface area contributed by atoms with E-state index in [4.69, 9.17) is 0 Å². The Hall–Kier alpha value is -1.72. The lowest BCUT2D eigenvalue weighted by atomic mass is 9.44. The van der Waals surface area contributed by atoms with E-state index in [-0.39, 0.29) is 35.6 Å². The maximum Gasteiger partial charge on any atom is 0.276 e. The Morgan fingerprint density at radius 3 is 2.51 bits per heavy atom. The van der Waals surface area contributed by atoms with Crippen molar-refractivity contribution >= 4 is 11.7 Å². The van der Waals surface area contributed by atoms with Crippen LogP contribution in [0.25, 0.3) is 0 Å². The zero-order chi connectivity index (χ0) is 25.1. The molecule has 4 aliphatic rings. The van der Waals surface area contributed by atoms with Gasteiger partial charge in [-0.05, 0) is 106 Å². The number of hydrogen-bond acceptors (Lipinski definition) is 4. The minimum Gasteiger partial charge on any atom is -0.338 e. The van der Waals surface area contributed by atoms with Crippen LogP contribution in [-0.4, -0.2) is 44.7 Å². The lowest BCUT2D eigenvalue weighted by molar-refractivity contribution is -0.137. The molecule has 1 heterocycles. The van der Waals surface area contributed by atoms with E-state index < -0.39 is 0 Å². The lowest BCUT2D eigenvalue weighted by Gasteiger charge is -2.61. The highest BCUT2D eigenvalue weighted by Crippen LogP contribution is 2.67. The minimum atomic E-state index is -0.147. The summed E-state index contributed by atoms with van der Waals surface area (Å²) in [5.41, 5.74) is 0.939. The molecule has 0 aromatic carbocycles. The van der Waals surface area contributed by atoms with Crippen molar-refractivity contribution in [1.82, 2.24) is 19.9 Å². The monoisotopic (exact) mass is 482 g/mol. The second-order valence-electron chi connectivity index (χ2n) is 13.4. The molecule has 4 fully saturated rings. The number of aromatic nitrogens is 3. The van der Waals surface area contributed by atoms with Crippen LogP contribution in [0.2, 0.25) is 0 Å². The second kappa shape index (κ2) is 8.99. The maximum absolute atomic E-state index is 13.6. The largest absolute Gasteiger partial charge is 0.338 e. The van der Waals surface area contributed by atoms with Crippen LogP contribution in [0.5, 0.6) is 0 Å². The molecule has 1 aromatic rings. The molecule has 4 saturated carbocycles. The molecule has 6 nitrogen and oxygen atoms in total. The number of fused-ring (bicyclic) bond motifs is 5. The Morgan fingerprint density at radius 1 is 1.06 bits per heavy atom. The van der Waals surface area contributed by atoms with E-state index in [0.717, 1.165) is 30.1 Å². The Kier molecular flexibility index (Phi) is 6.41. The van der Waals surface area contributed by atoms with Crippen LogP contribution in [0.4, 0.5) is 0 Å². The van der Waals surface area contributed by atoms with Crippen LogP contribution in [0.3, 0.4) is 0 Å². The molecule has 5 rings (SSSR count). The molecule has 0 spiro atoms. The molecule has 194 valence electrons. The third kappa shape index (κ3) is 4.07. The van der Waals surface area contributed by atoms with Crippen LogP contribution >= 0.6 is 0 Å². The summed E-state index contributed by atoms with van der Waals surface area (Å²) < 4.78 is 0. The van der Waals surface area contributed by atoms with Gasteiger partial charge in [0.1, 0.15) is 6.54 Å². The molecular formula is C29H46N4O2. The van der Waals surface area contributed by atoms with Crippen molar-refractivity contribution in [2.24, 2.45) is 46.3 Å². The summed E-state index contributed by atoms with van der Waals surface area (Å²) >= 11 is 0. The van der Waals surface area contributed by atoms with Gasteiger partial charge in [-0.15, -0.1) is 5.10 Å². The average Bonchev–Trinajstić information content (AvgIpc) is 3.42. The highest BCUT2D eigenvalue weighted by atomic mass is 16.2. The highest BCUT2D eigenvalue weighted by Gasteiger charge is 2.60. The molecule has 8 unspecified atom stereocenters. The third-order valence-electron chi connectivity index (χ3n) is 11.5. The first-order valence-electron chi connectivity index (χ1n) is 14.2. The molecule has 0 aliphatic heterocycles. The number of carbonyl (C=O) groups is 2. The zero-order valence-electron chi connectivity index (χ0n) is 22.8. The molecule has 1 aromatic heterocycles. The lowest BCUT2D eigenvalue weighted by Crippen LogP contribution is -2.53. The summed E-state index contributed by atoms with van der Waals surface area (Å²) in [6, 6.07) is 0.0918. The predicted molar refractivity (Wildman–Crippen MR) is 137 cm³/mol. The van der Waals surface area contributed by atoms with Gasteiger partial charge in [0.25, 0.3) is 5.91 Å². The molecular weight excluding hydrogens is 436 g/mol. The number of Topliss-reactive ketones (excluding diaryl/α,β-unsaturated/α-hetero) is 1. The minimum absolute atomic E-state index is 0.0915. The van der Waals surface area contributed by atoms with Crippen LogP contribution in [0.15, 0.2) is 6.20 Å². The van der Waals surface area contributed by atoms with Gasteiger partial charge in [0, 0.05) is 19.0 Å². The molecule has 6 heteroatoms. The van der Waals surface area contributed by atoms with Gasteiger partial charge < -0.3 is 4.90 Å². The first kappa shape index (κ1) is 25.0. The Labute approximate surface area is 211 Å². The highest BCUT2D eigenvalue weighted by molar-refractivity contribution is 5.92. The first-order chi connectivity index (χ1) is 16.5. The summed E-state index contributed by atoms with van der Waals surface area (Å²) in [4.78, 5) is 29.3. The smallest absolute Gasteiger partial charge is 0.276 e. The summed E-state index contributed by atoms with van der Waals surface area (Å²) in [6.45, 7) is 11.6. The van der Waals surface area contributed by atoms with E-state index in [1.54, 1.807) is 11.9 Å². The standard InChI is InChI=1S/C29H46N4O2/c1-18(2)32(6)27(35)25-16-30-33(31-25)17-26(34)24-10-9-22-21-8-7-20-15-19(3)11-13-28(20,4)23(21)12-14-29(22,24)5/h16,18-24H,7-15,17H2,1-6H3. The van der Waals surface area contributed by atoms with E-state index >= 15 is 0 Å². The topological polar surface area (TPSA) is 68.1 Å². The third-order valence-corrected chi connectivity index (χ3v) is 11.5. The quantitative estimate of drug-likeness (QED) is 0.546. The SMILES string of the molecule is CC1CCC2(C)C(CCC3C2CCC2(C)C(C(=O)Cn4ncc(C(=O)N(C)C(C)C)n4)CCC32)C1. The molecule has 8 atom stereocenters. The van der Waals surface area contributed by atoms with Crippen molar-refractivity contribution in [2.45, 2.75) is 105 Å². The first-order valence-corrected chi connectivity index (χ1v) is 14.2. The number of hydrogen-bond donors (Lipinski definition) is 0. The van der Waals surface area contributed by atoms with Gasteiger partial charge in [-0.3, -0.25) is 9.59 Å². The van der Waals surface area contributed by atoms with Gasteiger partial charge in [-0.2, -0.15) is 9.90 Å². The van der Waals surface area contributed by atoms with Crippen molar-refractivity contribution in [3.8, 4) is 0 Å². The summed E-state index contributed by atoms with van der Waals surface area (Å²) in [7, 11) is 1.77. The molecule has 1 amide bonds. The van der Waals surface area contributed by atoms with Gasteiger partial charge in [-0.1, -0.05) is 27.2 Å². The van der Waals surface area contributed by atoms with Crippen molar-refractivity contribution in [3.63, 3.8) is 0 Å². The molecule has 0 saturated heterocycles. The van der Waals surface area contributed by atoms with Gasteiger partial charge in [0.2, 0.25) is 0 Å². The van der Waals surface area contributed by atoms with Crippen LogP contribution in [-0.2, 0) is 11.3 Å². The van der Waals surface area contributed by atoms with Crippen molar-refractivity contribution in [3.05, 3.63) is 11.9 Å². The summed E-state index contributed by atoms with van der Waals surface area (Å²) in [6.07, 6.45) is 13.2. The van der Waals surface area contributed by atoms with Crippen LogP contribution in [0, 0.1) is 46.3 Å². The summed E-state index contributed by atoms with van der Waals surface area (Å²) in [5.74, 6) is 4.32. The second-order valence-corrected chi connectivity index (χ2v) is 13.4. The number of amides is 1. The molecule has 35 heavy (non-hydrogen) atoms. The van der Waals surface area contributed by atoms with Gasteiger partial charge in [0.05, 0.1) is 6.20 Å². The van der Waals surface area contributed by atoms with E-state index in [2.05, 4.69) is 31.0 Å². The van der Waals surface area contributed by atoms with E-state index in [1.165, 1.54) is 62.4 Å².